The molecule has 1 rings (SSSR count). The molecule has 0 aromatic heterocycles. The largest absolute Gasteiger partial charge is 0.297 e. The van der Waals surface area contributed by atoms with Crippen molar-refractivity contribution in [1.82, 2.24) is 0 Å². The van der Waals surface area contributed by atoms with Gasteiger partial charge in [-0.15, -0.1) is 0 Å². The van der Waals surface area contributed by atoms with E-state index in [9.17, 15) is 4.79 Å². The van der Waals surface area contributed by atoms with Crippen LogP contribution in [0.3, 0.4) is 0 Å². The second-order valence-corrected chi connectivity index (χ2v) is 4.05. The van der Waals surface area contributed by atoms with Crippen LogP contribution in [-0.2, 0) is 4.79 Å². The van der Waals surface area contributed by atoms with Crippen LogP contribution in [0.5, 0.6) is 0 Å². The van der Waals surface area contributed by atoms with Gasteiger partial charge in [0, 0.05) is 5.92 Å². The summed E-state index contributed by atoms with van der Waals surface area (Å²) in [5, 5.41) is 17.2. The minimum Gasteiger partial charge on any atom is -0.297 e. The van der Waals surface area contributed by atoms with Gasteiger partial charge in [0.1, 0.15) is 0 Å². The van der Waals surface area contributed by atoms with Crippen molar-refractivity contribution in [2.24, 2.45) is 17.8 Å². The van der Waals surface area contributed by atoms with Gasteiger partial charge in [-0.1, -0.05) is 19.8 Å². The molecule has 1 fully saturated rings. The van der Waals surface area contributed by atoms with Gasteiger partial charge in [0.05, 0.1) is 12.1 Å². The molecule has 3 heteroatoms. The Hall–Kier alpha value is -1.35. The van der Waals surface area contributed by atoms with Gasteiger partial charge in [-0.3, -0.25) is 4.79 Å². The van der Waals surface area contributed by atoms with Crippen LogP contribution in [0.25, 0.3) is 0 Å². The molecule has 0 unspecified atom stereocenters. The third-order valence-electron chi connectivity index (χ3n) is 2.96. The highest BCUT2D eigenvalue weighted by Gasteiger charge is 2.29. The Morgan fingerprint density at radius 1 is 1.21 bits per heavy atom. The molecule has 0 aromatic carbocycles. The van der Waals surface area contributed by atoms with Crippen LogP contribution < -0.4 is 0 Å². The number of carbonyl (C=O) groups is 1. The van der Waals surface area contributed by atoms with Crippen molar-refractivity contribution >= 4 is 5.78 Å². The molecule has 0 radical (unpaired) electrons. The number of ketones is 1. The Morgan fingerprint density at radius 2 is 1.71 bits per heavy atom. The zero-order chi connectivity index (χ0) is 10.6. The maximum absolute atomic E-state index is 11.6. The predicted molar refractivity (Wildman–Crippen MR) is 50.8 cm³/mol. The summed E-state index contributed by atoms with van der Waals surface area (Å²) in [6.07, 6.45) is 3.78. The molecule has 0 spiro atoms. The molecule has 0 amide bonds. The Kier molecular flexibility index (Phi) is 3.65. The van der Waals surface area contributed by atoms with Gasteiger partial charge in [-0.05, 0) is 18.8 Å². The second kappa shape index (κ2) is 4.77. The highest BCUT2D eigenvalue weighted by Crippen LogP contribution is 2.30. The lowest BCUT2D eigenvalue weighted by molar-refractivity contribution is -0.125. The fourth-order valence-corrected chi connectivity index (χ4v) is 1.94. The molecular weight excluding hydrogens is 176 g/mol. The normalized spacial score (nSPS) is 26.6. The summed E-state index contributed by atoms with van der Waals surface area (Å²) in [7, 11) is 0. The monoisotopic (exact) mass is 190 g/mol. The van der Waals surface area contributed by atoms with E-state index >= 15 is 0 Å². The standard InChI is InChI=1S/C11H14N2O/c1-8-2-4-9(5-3-8)11(14)10(6-12)7-13/h8-10H,2-5H2,1H3. The number of carbonyl (C=O) groups excluding carboxylic acids is 1. The minimum atomic E-state index is -1.05. The average Bonchev–Trinajstić information content (AvgIpc) is 2.20. The van der Waals surface area contributed by atoms with Crippen LogP contribution in [-0.4, -0.2) is 5.78 Å². The van der Waals surface area contributed by atoms with Gasteiger partial charge in [0.25, 0.3) is 0 Å². The molecule has 1 saturated carbocycles. The summed E-state index contributed by atoms with van der Waals surface area (Å²) in [4.78, 5) is 11.6. The number of nitrogens with zero attached hydrogens (tertiary/aromatic N) is 2. The van der Waals surface area contributed by atoms with Crippen LogP contribution in [0.15, 0.2) is 0 Å². The number of Topliss-reactive ketones (excluding diaryl/α,β-unsaturated/α-hetero) is 1. The Balaban J connectivity index is 2.55. The van der Waals surface area contributed by atoms with E-state index in [1.165, 1.54) is 0 Å². The molecule has 1 aliphatic carbocycles. The number of rotatable bonds is 2. The second-order valence-electron chi connectivity index (χ2n) is 4.05. The van der Waals surface area contributed by atoms with Gasteiger partial charge < -0.3 is 0 Å². The SMILES string of the molecule is CC1CCC(C(=O)C(C#N)C#N)CC1. The molecule has 0 saturated heterocycles. The first-order valence-electron chi connectivity index (χ1n) is 5.02. The molecule has 14 heavy (non-hydrogen) atoms. The van der Waals surface area contributed by atoms with Gasteiger partial charge in [-0.2, -0.15) is 10.5 Å². The highest BCUT2D eigenvalue weighted by molar-refractivity contribution is 5.87. The summed E-state index contributed by atoms with van der Waals surface area (Å²) < 4.78 is 0. The van der Waals surface area contributed by atoms with Gasteiger partial charge in [-0.25, -0.2) is 0 Å². The summed E-state index contributed by atoms with van der Waals surface area (Å²) in [5.41, 5.74) is 0. The van der Waals surface area contributed by atoms with Crippen molar-refractivity contribution in [3.63, 3.8) is 0 Å². The molecule has 0 heterocycles. The Labute approximate surface area is 84.3 Å². The fraction of sp³-hybridized carbons (Fsp3) is 0.727. The van der Waals surface area contributed by atoms with E-state index in [0.717, 1.165) is 25.7 Å². The lowest BCUT2D eigenvalue weighted by atomic mass is 9.78. The van der Waals surface area contributed by atoms with Crippen molar-refractivity contribution in [2.45, 2.75) is 32.6 Å². The third kappa shape index (κ3) is 2.33. The zero-order valence-corrected chi connectivity index (χ0v) is 8.36. The fourth-order valence-electron chi connectivity index (χ4n) is 1.94. The van der Waals surface area contributed by atoms with Crippen LogP contribution in [0.1, 0.15) is 32.6 Å². The lowest BCUT2D eigenvalue weighted by Crippen LogP contribution is -2.25. The summed E-state index contributed by atoms with van der Waals surface area (Å²) in [6, 6.07) is 3.50. The maximum Gasteiger partial charge on any atom is 0.191 e. The molecule has 74 valence electrons. The summed E-state index contributed by atoms with van der Waals surface area (Å²) in [6.45, 7) is 2.17. The molecule has 3 nitrogen and oxygen atoms in total. The quantitative estimate of drug-likeness (QED) is 0.669. The van der Waals surface area contributed by atoms with E-state index in [2.05, 4.69) is 6.92 Å². The first-order chi connectivity index (χ1) is 6.69. The van der Waals surface area contributed by atoms with E-state index in [1.807, 2.05) is 0 Å². The molecule has 1 aliphatic rings. The van der Waals surface area contributed by atoms with Crippen LogP contribution in [0, 0.1) is 40.4 Å². The lowest BCUT2D eigenvalue weighted by Gasteiger charge is -2.25. The van der Waals surface area contributed by atoms with Gasteiger partial charge in [0.15, 0.2) is 11.7 Å². The molecule has 0 N–H and O–H groups in total. The van der Waals surface area contributed by atoms with Gasteiger partial charge in [0.2, 0.25) is 0 Å². The third-order valence-corrected chi connectivity index (χ3v) is 2.96. The first-order valence-corrected chi connectivity index (χ1v) is 5.02. The van der Waals surface area contributed by atoms with Crippen LogP contribution >= 0.6 is 0 Å². The Morgan fingerprint density at radius 3 is 2.14 bits per heavy atom. The maximum atomic E-state index is 11.6. The van der Waals surface area contributed by atoms with E-state index < -0.39 is 5.92 Å². The average molecular weight is 190 g/mol. The predicted octanol–water partition coefficient (Wildman–Crippen LogP) is 2.05. The minimum absolute atomic E-state index is 0.0458. The van der Waals surface area contributed by atoms with Gasteiger partial charge >= 0.3 is 0 Å². The van der Waals surface area contributed by atoms with Crippen molar-refractivity contribution in [3.8, 4) is 12.1 Å². The van der Waals surface area contributed by atoms with E-state index in [-0.39, 0.29) is 11.7 Å². The highest BCUT2D eigenvalue weighted by atomic mass is 16.1. The van der Waals surface area contributed by atoms with Crippen LogP contribution in [0.2, 0.25) is 0 Å². The molecule has 0 aromatic rings. The number of nitriles is 2. The van der Waals surface area contributed by atoms with E-state index in [0.29, 0.717) is 5.92 Å². The number of hydrogen-bond acceptors (Lipinski definition) is 3. The van der Waals surface area contributed by atoms with Crippen molar-refractivity contribution in [3.05, 3.63) is 0 Å². The zero-order valence-electron chi connectivity index (χ0n) is 8.36. The Bertz CT molecular complexity index is 275. The van der Waals surface area contributed by atoms with Crippen LogP contribution in [0.4, 0.5) is 0 Å². The summed E-state index contributed by atoms with van der Waals surface area (Å²) in [5.74, 6) is -0.576. The van der Waals surface area contributed by atoms with E-state index in [1.54, 1.807) is 12.1 Å². The molecular formula is C11H14N2O. The first kappa shape index (κ1) is 10.7. The van der Waals surface area contributed by atoms with Crippen molar-refractivity contribution < 1.29 is 4.79 Å². The number of hydrogen-bond donors (Lipinski definition) is 0. The van der Waals surface area contributed by atoms with Crippen molar-refractivity contribution in [2.75, 3.05) is 0 Å². The smallest absolute Gasteiger partial charge is 0.191 e. The molecule has 0 atom stereocenters. The molecule has 0 bridgehead atoms. The molecule has 0 aliphatic heterocycles. The van der Waals surface area contributed by atoms with Crippen molar-refractivity contribution in [1.29, 1.82) is 10.5 Å². The van der Waals surface area contributed by atoms with E-state index in [4.69, 9.17) is 10.5 Å². The summed E-state index contributed by atoms with van der Waals surface area (Å²) >= 11 is 0. The topological polar surface area (TPSA) is 64.7 Å².